The van der Waals surface area contributed by atoms with E-state index < -0.39 is 10.0 Å². The lowest BCUT2D eigenvalue weighted by Crippen LogP contribution is -2.41. The normalized spacial score (nSPS) is 26.2. The third-order valence-corrected chi connectivity index (χ3v) is 4.58. The highest BCUT2D eigenvalue weighted by Crippen LogP contribution is 2.18. The van der Waals surface area contributed by atoms with Crippen LogP contribution in [0, 0.1) is 0 Å². The summed E-state index contributed by atoms with van der Waals surface area (Å²) in [6, 6.07) is 0. The molecule has 1 heterocycles. The van der Waals surface area contributed by atoms with E-state index in [2.05, 4.69) is 0 Å². The summed E-state index contributed by atoms with van der Waals surface area (Å²) in [6.07, 6.45) is 2.49. The first-order valence-electron chi connectivity index (χ1n) is 4.68. The molecule has 1 aliphatic rings. The Labute approximate surface area is 85.1 Å². The molecule has 1 atom stereocenters. The number of halogens is 1. The minimum Gasteiger partial charge on any atom is -0.212 e. The van der Waals surface area contributed by atoms with Crippen LogP contribution in [-0.4, -0.2) is 36.9 Å². The van der Waals surface area contributed by atoms with Gasteiger partial charge in [0.25, 0.3) is 0 Å². The van der Waals surface area contributed by atoms with E-state index in [0.29, 0.717) is 19.5 Å². The SMILES string of the molecule is CCCS(=O)(=O)N1CCCC(Cl)C1. The molecule has 13 heavy (non-hydrogen) atoms. The van der Waals surface area contributed by atoms with Gasteiger partial charge < -0.3 is 0 Å². The number of sulfonamides is 1. The van der Waals surface area contributed by atoms with Crippen molar-refractivity contribution in [3.05, 3.63) is 0 Å². The van der Waals surface area contributed by atoms with Gasteiger partial charge in [-0.15, -0.1) is 11.6 Å². The van der Waals surface area contributed by atoms with Gasteiger partial charge in [0.15, 0.2) is 0 Å². The molecule has 1 fully saturated rings. The van der Waals surface area contributed by atoms with Crippen LogP contribution < -0.4 is 0 Å². The third-order valence-electron chi connectivity index (χ3n) is 2.18. The van der Waals surface area contributed by atoms with Gasteiger partial charge >= 0.3 is 0 Å². The molecule has 0 aromatic carbocycles. The molecule has 1 rings (SSSR count). The highest BCUT2D eigenvalue weighted by Gasteiger charge is 2.26. The molecule has 0 aromatic heterocycles. The van der Waals surface area contributed by atoms with Crippen LogP contribution in [-0.2, 0) is 10.0 Å². The first kappa shape index (κ1) is 11.3. The second-order valence-electron chi connectivity index (χ2n) is 3.41. The van der Waals surface area contributed by atoms with Crippen LogP contribution in [0.3, 0.4) is 0 Å². The van der Waals surface area contributed by atoms with Crippen LogP contribution in [0.5, 0.6) is 0 Å². The Bertz CT molecular complexity index is 253. The number of rotatable bonds is 3. The molecule has 78 valence electrons. The van der Waals surface area contributed by atoms with Crippen molar-refractivity contribution in [3.8, 4) is 0 Å². The molecule has 0 spiro atoms. The Hall–Kier alpha value is 0.200. The summed E-state index contributed by atoms with van der Waals surface area (Å²) in [7, 11) is -3.02. The summed E-state index contributed by atoms with van der Waals surface area (Å²) < 4.78 is 24.7. The predicted molar refractivity (Wildman–Crippen MR) is 54.5 cm³/mol. The monoisotopic (exact) mass is 225 g/mol. The summed E-state index contributed by atoms with van der Waals surface area (Å²) in [6.45, 7) is 3.01. The number of alkyl halides is 1. The van der Waals surface area contributed by atoms with Crippen molar-refractivity contribution in [3.63, 3.8) is 0 Å². The van der Waals surface area contributed by atoms with Crippen LogP contribution in [0.4, 0.5) is 0 Å². The predicted octanol–water partition coefficient (Wildman–Crippen LogP) is 1.43. The number of hydrogen-bond donors (Lipinski definition) is 0. The van der Waals surface area contributed by atoms with Crippen molar-refractivity contribution in [2.75, 3.05) is 18.8 Å². The standard InChI is InChI=1S/C8H16ClNO2S/c1-2-6-13(11,12)10-5-3-4-8(9)7-10/h8H,2-7H2,1H3. The molecule has 0 saturated carbocycles. The van der Waals surface area contributed by atoms with Crippen molar-refractivity contribution in [2.45, 2.75) is 31.6 Å². The molecule has 5 heteroatoms. The van der Waals surface area contributed by atoms with Gasteiger partial charge in [-0.3, -0.25) is 0 Å². The Morgan fingerprint density at radius 2 is 2.23 bits per heavy atom. The molecule has 0 aliphatic carbocycles. The second-order valence-corrected chi connectivity index (χ2v) is 6.12. The van der Waals surface area contributed by atoms with Gasteiger partial charge in [-0.1, -0.05) is 6.92 Å². The van der Waals surface area contributed by atoms with E-state index in [0.717, 1.165) is 12.8 Å². The number of nitrogens with zero attached hydrogens (tertiary/aromatic N) is 1. The molecule has 1 saturated heterocycles. The Morgan fingerprint density at radius 3 is 2.77 bits per heavy atom. The van der Waals surface area contributed by atoms with E-state index >= 15 is 0 Å². The maximum absolute atomic E-state index is 11.6. The molecular weight excluding hydrogens is 210 g/mol. The summed E-state index contributed by atoms with van der Waals surface area (Å²) in [4.78, 5) is 0. The smallest absolute Gasteiger partial charge is 0.212 e. The lowest BCUT2D eigenvalue weighted by Gasteiger charge is -2.28. The topological polar surface area (TPSA) is 37.4 Å². The maximum atomic E-state index is 11.6. The van der Waals surface area contributed by atoms with E-state index in [1.165, 1.54) is 4.31 Å². The van der Waals surface area contributed by atoms with E-state index in [1.807, 2.05) is 6.92 Å². The summed E-state index contributed by atoms with van der Waals surface area (Å²) in [5.41, 5.74) is 0. The van der Waals surface area contributed by atoms with Crippen molar-refractivity contribution in [1.82, 2.24) is 4.31 Å². The summed E-state index contributed by atoms with van der Waals surface area (Å²) in [5, 5.41) is 0.000353. The quantitative estimate of drug-likeness (QED) is 0.682. The van der Waals surface area contributed by atoms with Crippen molar-refractivity contribution < 1.29 is 8.42 Å². The number of hydrogen-bond acceptors (Lipinski definition) is 2. The van der Waals surface area contributed by atoms with Crippen molar-refractivity contribution in [1.29, 1.82) is 0 Å². The first-order valence-corrected chi connectivity index (χ1v) is 6.72. The fraction of sp³-hybridized carbons (Fsp3) is 1.00. The maximum Gasteiger partial charge on any atom is 0.214 e. The van der Waals surface area contributed by atoms with E-state index in [1.54, 1.807) is 0 Å². The lowest BCUT2D eigenvalue weighted by atomic mass is 10.2. The van der Waals surface area contributed by atoms with Gasteiger partial charge in [0, 0.05) is 18.5 Å². The minimum atomic E-state index is -3.02. The second kappa shape index (κ2) is 4.62. The Morgan fingerprint density at radius 1 is 1.54 bits per heavy atom. The molecule has 0 aromatic rings. The molecule has 1 unspecified atom stereocenters. The van der Waals surface area contributed by atoms with Gasteiger partial charge in [0.05, 0.1) is 5.75 Å². The highest BCUT2D eigenvalue weighted by atomic mass is 35.5. The average Bonchev–Trinajstić information content (AvgIpc) is 2.04. The first-order chi connectivity index (χ1) is 6.06. The minimum absolute atomic E-state index is 0.000353. The van der Waals surface area contributed by atoms with Gasteiger partial charge in [0.1, 0.15) is 0 Å². The van der Waals surface area contributed by atoms with Crippen LogP contribution in [0.2, 0.25) is 0 Å². The van der Waals surface area contributed by atoms with Gasteiger partial charge in [-0.05, 0) is 19.3 Å². The van der Waals surface area contributed by atoms with Gasteiger partial charge in [0.2, 0.25) is 10.0 Å². The molecule has 0 bridgehead atoms. The van der Waals surface area contributed by atoms with Crippen molar-refractivity contribution >= 4 is 21.6 Å². The molecule has 0 amide bonds. The molecule has 0 radical (unpaired) electrons. The molecule has 3 nitrogen and oxygen atoms in total. The van der Waals surface area contributed by atoms with Crippen LogP contribution in [0.25, 0.3) is 0 Å². The van der Waals surface area contributed by atoms with Crippen molar-refractivity contribution in [2.24, 2.45) is 0 Å². The molecule has 1 aliphatic heterocycles. The zero-order valence-corrected chi connectivity index (χ0v) is 9.44. The molecular formula is C8H16ClNO2S. The summed E-state index contributed by atoms with van der Waals surface area (Å²) >= 11 is 5.91. The fourth-order valence-electron chi connectivity index (χ4n) is 1.53. The zero-order valence-electron chi connectivity index (χ0n) is 7.87. The Balaban J connectivity index is 2.60. The largest absolute Gasteiger partial charge is 0.214 e. The Kier molecular flexibility index (Phi) is 4.01. The van der Waals surface area contributed by atoms with Crippen LogP contribution in [0.1, 0.15) is 26.2 Å². The zero-order chi connectivity index (χ0) is 9.90. The van der Waals surface area contributed by atoms with E-state index in [9.17, 15) is 8.42 Å². The van der Waals surface area contributed by atoms with Gasteiger partial charge in [-0.25, -0.2) is 12.7 Å². The lowest BCUT2D eigenvalue weighted by molar-refractivity contribution is 0.350. The van der Waals surface area contributed by atoms with Crippen LogP contribution >= 0.6 is 11.6 Å². The van der Waals surface area contributed by atoms with Gasteiger partial charge in [-0.2, -0.15) is 0 Å². The van der Waals surface area contributed by atoms with E-state index in [4.69, 9.17) is 11.6 Å². The summed E-state index contributed by atoms with van der Waals surface area (Å²) in [5.74, 6) is 0.247. The fourth-order valence-corrected chi connectivity index (χ4v) is 3.52. The number of piperidine rings is 1. The average molecular weight is 226 g/mol. The van der Waals surface area contributed by atoms with Crippen LogP contribution in [0.15, 0.2) is 0 Å². The highest BCUT2D eigenvalue weighted by molar-refractivity contribution is 7.89. The third kappa shape index (κ3) is 3.11. The molecule has 0 N–H and O–H groups in total. The van der Waals surface area contributed by atoms with E-state index in [-0.39, 0.29) is 11.1 Å².